The lowest BCUT2D eigenvalue weighted by Crippen LogP contribution is -2.38. The minimum absolute atomic E-state index is 0.000909. The van der Waals surface area contributed by atoms with E-state index in [1.54, 1.807) is 0 Å². The molecule has 2 unspecified atom stereocenters. The molecule has 1 aromatic rings. The summed E-state index contributed by atoms with van der Waals surface area (Å²) < 4.78 is 0. The fourth-order valence-corrected chi connectivity index (χ4v) is 3.22. The average molecular weight is 288 g/mol. The van der Waals surface area contributed by atoms with E-state index in [-0.39, 0.29) is 17.9 Å². The molecule has 0 aromatic heterocycles. The van der Waals surface area contributed by atoms with E-state index in [1.165, 1.54) is 12.0 Å². The van der Waals surface area contributed by atoms with Crippen LogP contribution >= 0.6 is 0 Å². The first-order chi connectivity index (χ1) is 10.0. The van der Waals surface area contributed by atoms with Gasteiger partial charge in [-0.2, -0.15) is 0 Å². The molecule has 2 rings (SSSR count). The Morgan fingerprint density at radius 1 is 1.24 bits per heavy atom. The number of anilines is 1. The molecule has 1 aliphatic rings. The van der Waals surface area contributed by atoms with Crippen LogP contribution in [-0.4, -0.2) is 11.9 Å². The van der Waals surface area contributed by atoms with Crippen molar-refractivity contribution in [1.29, 1.82) is 0 Å². The standard InChI is InChI=1S/C18H28N2O/c1-12(2)14-10-7-8-13(3)17(14)20-18(21)15-9-5-4-6-11-16(15)19/h7-8,10,12,15-16H,4-6,9,11,19H2,1-3H3,(H,20,21). The summed E-state index contributed by atoms with van der Waals surface area (Å²) in [4.78, 5) is 12.7. The van der Waals surface area contributed by atoms with Crippen LogP contribution in [0.4, 0.5) is 5.69 Å². The van der Waals surface area contributed by atoms with Crippen LogP contribution in [0.25, 0.3) is 0 Å². The Bertz CT molecular complexity index is 496. The first kappa shape index (κ1) is 16.0. The van der Waals surface area contributed by atoms with Gasteiger partial charge < -0.3 is 11.1 Å². The summed E-state index contributed by atoms with van der Waals surface area (Å²) in [5.74, 6) is 0.440. The number of carbonyl (C=O) groups excluding carboxylic acids is 1. The minimum Gasteiger partial charge on any atom is -0.327 e. The number of amides is 1. The fourth-order valence-electron chi connectivity index (χ4n) is 3.22. The van der Waals surface area contributed by atoms with Crippen molar-refractivity contribution in [2.45, 2.75) is 64.8 Å². The van der Waals surface area contributed by atoms with E-state index < -0.39 is 0 Å². The monoisotopic (exact) mass is 288 g/mol. The third-order valence-corrected chi connectivity index (χ3v) is 4.58. The maximum atomic E-state index is 12.7. The van der Waals surface area contributed by atoms with E-state index in [0.29, 0.717) is 5.92 Å². The highest BCUT2D eigenvalue weighted by Gasteiger charge is 2.27. The highest BCUT2D eigenvalue weighted by atomic mass is 16.1. The van der Waals surface area contributed by atoms with Gasteiger partial charge in [-0.1, -0.05) is 51.3 Å². The van der Waals surface area contributed by atoms with Gasteiger partial charge >= 0.3 is 0 Å². The Labute approximate surface area is 128 Å². The molecule has 1 aromatic carbocycles. The van der Waals surface area contributed by atoms with Gasteiger partial charge in [-0.15, -0.1) is 0 Å². The van der Waals surface area contributed by atoms with Crippen molar-refractivity contribution in [3.63, 3.8) is 0 Å². The number of para-hydroxylation sites is 1. The summed E-state index contributed by atoms with van der Waals surface area (Å²) in [6, 6.07) is 6.20. The number of nitrogens with one attached hydrogen (secondary N) is 1. The average Bonchev–Trinajstić information content (AvgIpc) is 2.65. The molecule has 1 fully saturated rings. The van der Waals surface area contributed by atoms with Gasteiger partial charge in [0.05, 0.1) is 5.92 Å². The zero-order valence-corrected chi connectivity index (χ0v) is 13.5. The van der Waals surface area contributed by atoms with Crippen LogP contribution in [0.1, 0.15) is 63.0 Å². The zero-order valence-electron chi connectivity index (χ0n) is 13.5. The van der Waals surface area contributed by atoms with Crippen molar-refractivity contribution >= 4 is 11.6 Å². The minimum atomic E-state index is -0.0490. The van der Waals surface area contributed by atoms with E-state index >= 15 is 0 Å². The largest absolute Gasteiger partial charge is 0.327 e. The van der Waals surface area contributed by atoms with Gasteiger partial charge in [0.25, 0.3) is 0 Å². The quantitative estimate of drug-likeness (QED) is 0.827. The molecular formula is C18H28N2O. The van der Waals surface area contributed by atoms with Crippen molar-refractivity contribution in [3.05, 3.63) is 29.3 Å². The topological polar surface area (TPSA) is 55.1 Å². The Balaban J connectivity index is 2.19. The lowest BCUT2D eigenvalue weighted by atomic mass is 9.93. The second kappa shape index (κ2) is 7.08. The van der Waals surface area contributed by atoms with Gasteiger partial charge in [0, 0.05) is 11.7 Å². The van der Waals surface area contributed by atoms with Crippen molar-refractivity contribution in [2.24, 2.45) is 11.7 Å². The van der Waals surface area contributed by atoms with Gasteiger partial charge in [-0.25, -0.2) is 0 Å². The second-order valence-corrected chi connectivity index (χ2v) is 6.59. The van der Waals surface area contributed by atoms with Gasteiger partial charge in [0.2, 0.25) is 5.91 Å². The first-order valence-electron chi connectivity index (χ1n) is 8.16. The molecule has 0 saturated heterocycles. The Morgan fingerprint density at radius 3 is 2.67 bits per heavy atom. The molecule has 1 saturated carbocycles. The summed E-state index contributed by atoms with van der Waals surface area (Å²) in [7, 11) is 0. The molecule has 2 atom stereocenters. The number of benzene rings is 1. The molecule has 0 bridgehead atoms. The zero-order chi connectivity index (χ0) is 15.4. The number of aryl methyl sites for hydroxylation is 1. The second-order valence-electron chi connectivity index (χ2n) is 6.59. The summed E-state index contributed by atoms with van der Waals surface area (Å²) in [6.07, 6.45) is 5.32. The maximum absolute atomic E-state index is 12.7. The molecular weight excluding hydrogens is 260 g/mol. The number of carbonyl (C=O) groups is 1. The predicted octanol–water partition coefficient (Wildman–Crippen LogP) is 3.96. The molecule has 3 heteroatoms. The molecule has 3 nitrogen and oxygen atoms in total. The van der Waals surface area contributed by atoms with Crippen molar-refractivity contribution in [2.75, 3.05) is 5.32 Å². The fraction of sp³-hybridized carbons (Fsp3) is 0.611. The summed E-state index contributed by atoms with van der Waals surface area (Å²) in [5.41, 5.74) is 9.51. The Morgan fingerprint density at radius 2 is 1.95 bits per heavy atom. The van der Waals surface area contributed by atoms with Crippen LogP contribution in [0, 0.1) is 12.8 Å². The molecule has 0 radical (unpaired) electrons. The third-order valence-electron chi connectivity index (χ3n) is 4.58. The number of nitrogens with two attached hydrogens (primary N) is 1. The molecule has 3 N–H and O–H groups in total. The SMILES string of the molecule is Cc1cccc(C(C)C)c1NC(=O)C1CCCCCC1N. The van der Waals surface area contributed by atoms with E-state index in [4.69, 9.17) is 5.73 Å². The molecule has 21 heavy (non-hydrogen) atoms. The lowest BCUT2D eigenvalue weighted by Gasteiger charge is -2.23. The molecule has 0 heterocycles. The molecule has 0 spiro atoms. The smallest absolute Gasteiger partial charge is 0.229 e. The number of hydrogen-bond donors (Lipinski definition) is 2. The molecule has 1 aliphatic carbocycles. The summed E-state index contributed by atoms with van der Waals surface area (Å²) in [6.45, 7) is 6.36. The maximum Gasteiger partial charge on any atom is 0.229 e. The van der Waals surface area contributed by atoms with Gasteiger partial charge in [0.15, 0.2) is 0 Å². The van der Waals surface area contributed by atoms with Crippen molar-refractivity contribution in [3.8, 4) is 0 Å². The highest BCUT2D eigenvalue weighted by molar-refractivity contribution is 5.94. The van der Waals surface area contributed by atoms with Gasteiger partial charge in [-0.05, 0) is 36.8 Å². The van der Waals surface area contributed by atoms with E-state index in [2.05, 4.69) is 44.3 Å². The highest BCUT2D eigenvalue weighted by Crippen LogP contribution is 2.29. The van der Waals surface area contributed by atoms with E-state index in [1.807, 2.05) is 0 Å². The van der Waals surface area contributed by atoms with Crippen LogP contribution in [0.2, 0.25) is 0 Å². The van der Waals surface area contributed by atoms with Crippen LogP contribution in [0.3, 0.4) is 0 Å². The van der Waals surface area contributed by atoms with Gasteiger partial charge in [-0.3, -0.25) is 4.79 Å². The van der Waals surface area contributed by atoms with Crippen LogP contribution < -0.4 is 11.1 Å². The lowest BCUT2D eigenvalue weighted by molar-refractivity contribution is -0.120. The predicted molar refractivity (Wildman–Crippen MR) is 88.4 cm³/mol. The molecule has 1 amide bonds. The summed E-state index contributed by atoms with van der Waals surface area (Å²) in [5, 5.41) is 3.17. The van der Waals surface area contributed by atoms with Crippen LogP contribution in [0.15, 0.2) is 18.2 Å². The Hall–Kier alpha value is -1.35. The van der Waals surface area contributed by atoms with E-state index in [0.717, 1.165) is 36.9 Å². The molecule has 0 aliphatic heterocycles. The van der Waals surface area contributed by atoms with E-state index in [9.17, 15) is 4.79 Å². The van der Waals surface area contributed by atoms with Crippen LogP contribution in [0.5, 0.6) is 0 Å². The number of rotatable bonds is 3. The first-order valence-corrected chi connectivity index (χ1v) is 8.16. The summed E-state index contributed by atoms with van der Waals surface area (Å²) >= 11 is 0. The van der Waals surface area contributed by atoms with Gasteiger partial charge in [0.1, 0.15) is 0 Å². The number of hydrogen-bond acceptors (Lipinski definition) is 2. The molecule has 116 valence electrons. The van der Waals surface area contributed by atoms with Crippen molar-refractivity contribution < 1.29 is 4.79 Å². The van der Waals surface area contributed by atoms with Crippen LogP contribution in [-0.2, 0) is 4.79 Å². The normalized spacial score (nSPS) is 22.9. The van der Waals surface area contributed by atoms with Crippen molar-refractivity contribution in [1.82, 2.24) is 0 Å². The Kier molecular flexibility index (Phi) is 5.40. The third kappa shape index (κ3) is 3.85.